The summed E-state index contributed by atoms with van der Waals surface area (Å²) in [4.78, 5) is 30.0. The molecule has 8 nitrogen and oxygen atoms in total. The molecule has 0 bridgehead atoms. The lowest BCUT2D eigenvalue weighted by molar-refractivity contribution is 0.0739. The molecule has 3 aromatic heterocycles. The Morgan fingerprint density at radius 3 is 3.04 bits per heavy atom. The van der Waals surface area contributed by atoms with Crippen LogP contribution >= 0.6 is 0 Å². The lowest BCUT2D eigenvalue weighted by Crippen LogP contribution is -2.34. The highest BCUT2D eigenvalue weighted by Gasteiger charge is 2.25. The Labute approximate surface area is 156 Å². The number of likely N-dealkylation sites (tertiary alicyclic amines) is 1. The van der Waals surface area contributed by atoms with E-state index in [0.717, 1.165) is 25.9 Å². The van der Waals surface area contributed by atoms with Crippen LogP contribution in [0.4, 0.5) is 0 Å². The van der Waals surface area contributed by atoms with E-state index in [1.54, 1.807) is 24.5 Å². The van der Waals surface area contributed by atoms with Crippen molar-refractivity contribution in [3.8, 4) is 5.95 Å². The minimum absolute atomic E-state index is 0.00323. The first-order chi connectivity index (χ1) is 13.1. The van der Waals surface area contributed by atoms with Crippen molar-refractivity contribution in [1.82, 2.24) is 29.3 Å². The van der Waals surface area contributed by atoms with Crippen LogP contribution < -0.4 is 5.56 Å². The Morgan fingerprint density at radius 1 is 1.37 bits per heavy atom. The largest absolute Gasteiger partial charge is 0.338 e. The maximum absolute atomic E-state index is 13.1. The van der Waals surface area contributed by atoms with Crippen molar-refractivity contribution in [2.45, 2.75) is 39.5 Å². The van der Waals surface area contributed by atoms with E-state index in [2.05, 4.69) is 22.1 Å². The summed E-state index contributed by atoms with van der Waals surface area (Å²) < 4.78 is 3.03. The van der Waals surface area contributed by atoms with E-state index in [0.29, 0.717) is 28.6 Å². The molecule has 0 saturated carbocycles. The molecule has 1 saturated heterocycles. The van der Waals surface area contributed by atoms with Crippen molar-refractivity contribution in [2.75, 3.05) is 13.1 Å². The van der Waals surface area contributed by atoms with Crippen molar-refractivity contribution in [2.24, 2.45) is 5.92 Å². The van der Waals surface area contributed by atoms with Gasteiger partial charge >= 0.3 is 0 Å². The van der Waals surface area contributed by atoms with Crippen molar-refractivity contribution in [3.63, 3.8) is 0 Å². The van der Waals surface area contributed by atoms with E-state index in [1.165, 1.54) is 22.0 Å². The minimum Gasteiger partial charge on any atom is -0.338 e. The van der Waals surface area contributed by atoms with E-state index in [4.69, 9.17) is 0 Å². The molecule has 1 amide bonds. The average molecular weight is 368 g/mol. The van der Waals surface area contributed by atoms with E-state index >= 15 is 0 Å². The molecule has 0 spiro atoms. The molecule has 4 rings (SSSR count). The maximum atomic E-state index is 13.1. The third-order valence-corrected chi connectivity index (χ3v) is 5.46. The van der Waals surface area contributed by atoms with E-state index < -0.39 is 0 Å². The average Bonchev–Trinajstić information content (AvgIpc) is 3.21. The Hall–Kier alpha value is -2.90. The molecule has 27 heavy (non-hydrogen) atoms. The first-order valence-corrected chi connectivity index (χ1v) is 9.50. The molecule has 1 aliphatic rings. The summed E-state index contributed by atoms with van der Waals surface area (Å²) in [7, 11) is 0. The first-order valence-electron chi connectivity index (χ1n) is 9.50. The van der Waals surface area contributed by atoms with E-state index in [1.807, 2.05) is 11.8 Å². The molecule has 142 valence electrons. The topological polar surface area (TPSA) is 88.3 Å². The van der Waals surface area contributed by atoms with Crippen molar-refractivity contribution < 1.29 is 4.79 Å². The first kappa shape index (κ1) is 17.5. The van der Waals surface area contributed by atoms with Gasteiger partial charge in [-0.1, -0.05) is 19.8 Å². The summed E-state index contributed by atoms with van der Waals surface area (Å²) >= 11 is 0. The van der Waals surface area contributed by atoms with Gasteiger partial charge in [0.25, 0.3) is 11.5 Å². The predicted octanol–water partition coefficient (Wildman–Crippen LogP) is 2.17. The van der Waals surface area contributed by atoms with Crippen LogP contribution in [0.1, 0.15) is 48.7 Å². The molecule has 0 aromatic carbocycles. The number of hydrogen-bond acceptors (Lipinski definition) is 4. The Kier molecular flexibility index (Phi) is 4.55. The van der Waals surface area contributed by atoms with Gasteiger partial charge in [0.1, 0.15) is 5.52 Å². The van der Waals surface area contributed by atoms with Crippen LogP contribution in [0, 0.1) is 12.8 Å². The number of hydrogen-bond donors (Lipinski definition) is 1. The molecule has 1 aliphatic heterocycles. The third-order valence-electron chi connectivity index (χ3n) is 5.46. The molecule has 1 unspecified atom stereocenters. The Bertz CT molecular complexity index is 1030. The normalized spacial score (nSPS) is 18.0. The molecular formula is C19H24N6O2. The van der Waals surface area contributed by atoms with Gasteiger partial charge < -0.3 is 4.90 Å². The number of aromatic amines is 1. The highest BCUT2D eigenvalue weighted by Crippen LogP contribution is 2.22. The standard InChI is InChI=1S/C19H24N6O2/c1-3-14-7-4-5-9-23(12-14)18(27)15-11-20-25(13(15)2)19-21-17(26)16-8-6-10-24(16)22-19/h6,8,10-11,14H,3-5,7,9,12H2,1-2H3,(H,21,22,26). The second kappa shape index (κ2) is 7.02. The summed E-state index contributed by atoms with van der Waals surface area (Å²) in [5.74, 6) is 0.854. The number of aromatic nitrogens is 5. The van der Waals surface area contributed by atoms with Gasteiger partial charge in [-0.05, 0) is 37.8 Å². The SMILES string of the molecule is CCC1CCCCN(C(=O)c2cnn(-c3nn4cccc4c(=O)[nH]3)c2C)C1. The van der Waals surface area contributed by atoms with Gasteiger partial charge in [0.2, 0.25) is 5.95 Å². The van der Waals surface area contributed by atoms with Crippen LogP contribution in [0.15, 0.2) is 29.3 Å². The zero-order valence-corrected chi connectivity index (χ0v) is 15.7. The lowest BCUT2D eigenvalue weighted by atomic mass is 10.0. The summed E-state index contributed by atoms with van der Waals surface area (Å²) in [6, 6.07) is 3.46. The van der Waals surface area contributed by atoms with Crippen molar-refractivity contribution in [1.29, 1.82) is 0 Å². The fourth-order valence-electron chi connectivity index (χ4n) is 3.78. The molecule has 3 aromatic rings. The summed E-state index contributed by atoms with van der Waals surface area (Å²) in [5.41, 5.74) is 1.45. The molecule has 4 heterocycles. The number of nitrogens with zero attached hydrogens (tertiary/aromatic N) is 5. The third kappa shape index (κ3) is 3.15. The van der Waals surface area contributed by atoms with E-state index in [-0.39, 0.29) is 11.5 Å². The van der Waals surface area contributed by atoms with Gasteiger partial charge in [0.15, 0.2) is 0 Å². The van der Waals surface area contributed by atoms with E-state index in [9.17, 15) is 9.59 Å². The van der Waals surface area contributed by atoms with Gasteiger partial charge in [-0.2, -0.15) is 5.10 Å². The highest BCUT2D eigenvalue weighted by molar-refractivity contribution is 5.95. The van der Waals surface area contributed by atoms with Crippen molar-refractivity contribution >= 4 is 11.4 Å². The quantitative estimate of drug-likeness (QED) is 0.767. The number of carbonyl (C=O) groups excluding carboxylic acids is 1. The van der Waals surface area contributed by atoms with Gasteiger partial charge in [-0.25, -0.2) is 9.20 Å². The van der Waals surface area contributed by atoms with Crippen LogP contribution in [0.5, 0.6) is 0 Å². The van der Waals surface area contributed by atoms with Crippen LogP contribution in [0.3, 0.4) is 0 Å². The van der Waals surface area contributed by atoms with Crippen molar-refractivity contribution in [3.05, 3.63) is 46.1 Å². The predicted molar refractivity (Wildman–Crippen MR) is 101 cm³/mol. The van der Waals surface area contributed by atoms with Crippen LogP contribution in [0.25, 0.3) is 11.5 Å². The summed E-state index contributed by atoms with van der Waals surface area (Å²) in [5, 5.41) is 8.71. The van der Waals surface area contributed by atoms with Gasteiger partial charge in [-0.3, -0.25) is 14.6 Å². The number of rotatable bonds is 3. The zero-order chi connectivity index (χ0) is 19.0. The minimum atomic E-state index is -0.244. The Balaban J connectivity index is 1.66. The fourth-order valence-corrected chi connectivity index (χ4v) is 3.78. The number of nitrogens with one attached hydrogen (secondary N) is 1. The molecule has 0 aliphatic carbocycles. The smallest absolute Gasteiger partial charge is 0.276 e. The molecule has 0 radical (unpaired) electrons. The zero-order valence-electron chi connectivity index (χ0n) is 15.7. The monoisotopic (exact) mass is 368 g/mol. The lowest BCUT2D eigenvalue weighted by Gasteiger charge is -2.23. The van der Waals surface area contributed by atoms with Gasteiger partial charge in [0, 0.05) is 19.3 Å². The number of fused-ring (bicyclic) bond motifs is 1. The molecular weight excluding hydrogens is 344 g/mol. The Morgan fingerprint density at radius 2 is 2.22 bits per heavy atom. The number of carbonyl (C=O) groups is 1. The molecule has 1 atom stereocenters. The second-order valence-electron chi connectivity index (χ2n) is 7.19. The van der Waals surface area contributed by atoms with Crippen LogP contribution in [-0.2, 0) is 0 Å². The van der Waals surface area contributed by atoms with Crippen LogP contribution in [-0.4, -0.2) is 48.3 Å². The summed E-state index contributed by atoms with van der Waals surface area (Å²) in [6.45, 7) is 5.59. The van der Waals surface area contributed by atoms with Gasteiger partial charge in [0.05, 0.1) is 17.5 Å². The molecule has 1 fully saturated rings. The molecule has 8 heteroatoms. The molecule has 1 N–H and O–H groups in total. The number of H-pyrrole nitrogens is 1. The second-order valence-corrected chi connectivity index (χ2v) is 7.19. The van der Waals surface area contributed by atoms with Gasteiger partial charge in [-0.15, -0.1) is 5.10 Å². The maximum Gasteiger partial charge on any atom is 0.276 e. The van der Waals surface area contributed by atoms with Crippen LogP contribution in [0.2, 0.25) is 0 Å². The fraction of sp³-hybridized carbons (Fsp3) is 0.474. The number of amides is 1. The summed E-state index contributed by atoms with van der Waals surface area (Å²) in [6.07, 6.45) is 7.76. The highest BCUT2D eigenvalue weighted by atomic mass is 16.2.